The first kappa shape index (κ1) is 22.0. The molecule has 0 bridgehead atoms. The highest BCUT2D eigenvalue weighted by atomic mass is 127. The van der Waals surface area contributed by atoms with Gasteiger partial charge in [0.1, 0.15) is 0 Å². The summed E-state index contributed by atoms with van der Waals surface area (Å²) in [5, 5.41) is 11.1. The summed E-state index contributed by atoms with van der Waals surface area (Å²) in [7, 11) is 0. The van der Waals surface area contributed by atoms with Crippen LogP contribution in [0, 0.1) is 0 Å². The Morgan fingerprint density at radius 1 is 1.36 bits per heavy atom. The second-order valence-electron chi connectivity index (χ2n) is 4.95. The number of benzene rings is 1. The van der Waals surface area contributed by atoms with Crippen molar-refractivity contribution in [1.82, 2.24) is 20.8 Å². The highest BCUT2D eigenvalue weighted by Crippen LogP contribution is 2.19. The van der Waals surface area contributed by atoms with E-state index in [9.17, 15) is 0 Å². The molecule has 2 N–H and O–H groups in total. The molecule has 25 heavy (non-hydrogen) atoms. The normalized spacial score (nSPS) is 11.1. The number of thioether (sulfide) groups is 1. The maximum absolute atomic E-state index is 5.98. The van der Waals surface area contributed by atoms with Crippen LogP contribution in [0.1, 0.15) is 12.8 Å². The van der Waals surface area contributed by atoms with E-state index in [-0.39, 0.29) is 24.0 Å². The number of nitrogens with one attached hydrogen (secondary N) is 2. The molecule has 0 unspecified atom stereocenters. The first-order valence-electron chi connectivity index (χ1n) is 7.82. The number of halogens is 2. The molecule has 0 aliphatic heterocycles. The van der Waals surface area contributed by atoms with Crippen LogP contribution in [0.25, 0.3) is 11.4 Å². The van der Waals surface area contributed by atoms with Crippen LogP contribution in [0.5, 0.6) is 0 Å². The third-order valence-corrected chi connectivity index (χ3v) is 3.92. The van der Waals surface area contributed by atoms with Crippen LogP contribution in [-0.4, -0.2) is 47.7 Å². The molecule has 2 rings (SSSR count). The minimum absolute atomic E-state index is 0. The molecule has 0 aliphatic rings. The summed E-state index contributed by atoms with van der Waals surface area (Å²) in [4.78, 5) is 8.89. The van der Waals surface area contributed by atoms with Crippen LogP contribution in [0.4, 0.5) is 0 Å². The largest absolute Gasteiger partial charge is 0.357 e. The molecule has 0 spiro atoms. The van der Waals surface area contributed by atoms with Gasteiger partial charge in [0.25, 0.3) is 0 Å². The molecule has 138 valence electrons. The maximum Gasteiger partial charge on any atom is 0.228 e. The van der Waals surface area contributed by atoms with E-state index in [1.54, 1.807) is 11.8 Å². The van der Waals surface area contributed by atoms with Crippen molar-refractivity contribution in [3.63, 3.8) is 0 Å². The second-order valence-corrected chi connectivity index (χ2v) is 6.37. The molecule has 0 saturated heterocycles. The molecule has 9 heteroatoms. The van der Waals surface area contributed by atoms with Gasteiger partial charge in [-0.1, -0.05) is 28.9 Å². The van der Waals surface area contributed by atoms with Crippen LogP contribution in [0.3, 0.4) is 0 Å². The van der Waals surface area contributed by atoms with Gasteiger partial charge in [0.2, 0.25) is 11.7 Å². The van der Waals surface area contributed by atoms with Gasteiger partial charge < -0.3 is 15.2 Å². The maximum atomic E-state index is 5.98. The van der Waals surface area contributed by atoms with Crippen LogP contribution in [-0.2, 0) is 6.42 Å². The van der Waals surface area contributed by atoms with Gasteiger partial charge >= 0.3 is 0 Å². The predicted molar refractivity (Wildman–Crippen MR) is 116 cm³/mol. The fourth-order valence-electron chi connectivity index (χ4n) is 1.98. The molecule has 0 fully saturated rings. The zero-order valence-electron chi connectivity index (χ0n) is 14.3. The summed E-state index contributed by atoms with van der Waals surface area (Å²) in [6.07, 6.45) is 2.70. The first-order valence-corrected chi connectivity index (χ1v) is 9.59. The molecular formula is C16H23ClIN5OS. The lowest BCUT2D eigenvalue weighted by molar-refractivity contribution is 0.378. The van der Waals surface area contributed by atoms with E-state index in [4.69, 9.17) is 16.1 Å². The van der Waals surface area contributed by atoms with E-state index in [0.717, 1.165) is 30.4 Å². The smallest absolute Gasteiger partial charge is 0.228 e. The molecule has 0 atom stereocenters. The van der Waals surface area contributed by atoms with Crippen molar-refractivity contribution in [3.8, 4) is 11.4 Å². The Bertz CT molecular complexity index is 667. The minimum atomic E-state index is 0. The van der Waals surface area contributed by atoms with Gasteiger partial charge in [0.15, 0.2) is 5.96 Å². The van der Waals surface area contributed by atoms with Crippen molar-refractivity contribution in [2.75, 3.05) is 31.6 Å². The third kappa shape index (κ3) is 7.83. The van der Waals surface area contributed by atoms with Gasteiger partial charge in [0.05, 0.1) is 6.54 Å². The number of aliphatic imine (C=N–C) groups is 1. The average molecular weight is 496 g/mol. The second kappa shape index (κ2) is 12.4. The Balaban J connectivity index is 0.00000312. The Morgan fingerprint density at radius 2 is 2.20 bits per heavy atom. The van der Waals surface area contributed by atoms with E-state index < -0.39 is 0 Å². The fraction of sp³-hybridized carbons (Fsp3) is 0.438. The molecular weight excluding hydrogens is 473 g/mol. The first-order chi connectivity index (χ1) is 11.7. The van der Waals surface area contributed by atoms with Gasteiger partial charge in [-0.15, -0.1) is 24.0 Å². The van der Waals surface area contributed by atoms with Gasteiger partial charge in [-0.2, -0.15) is 16.7 Å². The number of aromatic nitrogens is 2. The minimum Gasteiger partial charge on any atom is -0.357 e. The van der Waals surface area contributed by atoms with E-state index in [0.29, 0.717) is 29.7 Å². The summed E-state index contributed by atoms with van der Waals surface area (Å²) in [6, 6.07) is 7.40. The quantitative estimate of drug-likeness (QED) is 0.253. The van der Waals surface area contributed by atoms with Crippen LogP contribution in [0.15, 0.2) is 33.8 Å². The summed E-state index contributed by atoms with van der Waals surface area (Å²) in [6.45, 7) is 4.32. The number of nitrogens with zero attached hydrogens (tertiary/aromatic N) is 3. The number of hydrogen-bond donors (Lipinski definition) is 2. The van der Waals surface area contributed by atoms with Gasteiger partial charge in [-0.3, -0.25) is 4.99 Å². The molecule has 0 aliphatic carbocycles. The topological polar surface area (TPSA) is 75.3 Å². The van der Waals surface area contributed by atoms with Crippen molar-refractivity contribution in [3.05, 3.63) is 35.2 Å². The Hall–Kier alpha value is -1.000. The lowest BCUT2D eigenvalue weighted by Gasteiger charge is -2.09. The van der Waals surface area contributed by atoms with E-state index >= 15 is 0 Å². The lowest BCUT2D eigenvalue weighted by atomic mass is 10.2. The summed E-state index contributed by atoms with van der Waals surface area (Å²) in [5.74, 6) is 2.94. The average Bonchev–Trinajstić information content (AvgIpc) is 3.04. The van der Waals surface area contributed by atoms with Crippen LogP contribution < -0.4 is 10.6 Å². The standard InChI is InChI=1S/C16H22ClN5OS.HI/c1-3-18-16(20-9-10-24-2)19-8-7-14-21-15(22-23-14)12-5-4-6-13(17)11-12;/h4-6,11H,3,7-10H2,1-2H3,(H2,18,19,20);1H. The summed E-state index contributed by atoms with van der Waals surface area (Å²) >= 11 is 7.76. The summed E-state index contributed by atoms with van der Waals surface area (Å²) in [5.41, 5.74) is 0.845. The van der Waals surface area contributed by atoms with Crippen molar-refractivity contribution < 1.29 is 4.52 Å². The number of guanidine groups is 1. The number of rotatable bonds is 8. The van der Waals surface area contributed by atoms with Gasteiger partial charge in [-0.25, -0.2) is 0 Å². The van der Waals surface area contributed by atoms with Crippen molar-refractivity contribution >= 4 is 53.3 Å². The van der Waals surface area contributed by atoms with Crippen molar-refractivity contribution in [1.29, 1.82) is 0 Å². The Morgan fingerprint density at radius 3 is 2.92 bits per heavy atom. The van der Waals surface area contributed by atoms with Crippen LogP contribution in [0.2, 0.25) is 5.02 Å². The van der Waals surface area contributed by atoms with Gasteiger partial charge in [0, 0.05) is 35.8 Å². The van der Waals surface area contributed by atoms with Gasteiger partial charge in [-0.05, 0) is 25.3 Å². The molecule has 6 nitrogen and oxygen atoms in total. The SMILES string of the molecule is CCNC(=NCCSC)NCCc1nc(-c2cccc(Cl)c2)no1.I. The molecule has 1 aromatic heterocycles. The zero-order chi connectivity index (χ0) is 17.2. The molecule has 2 aromatic rings. The molecule has 0 amide bonds. The Kier molecular flexibility index (Phi) is 10.9. The number of hydrogen-bond acceptors (Lipinski definition) is 5. The van der Waals surface area contributed by atoms with E-state index in [2.05, 4.69) is 32.0 Å². The van der Waals surface area contributed by atoms with E-state index in [1.807, 2.05) is 31.2 Å². The van der Waals surface area contributed by atoms with Crippen molar-refractivity contribution in [2.24, 2.45) is 4.99 Å². The zero-order valence-corrected chi connectivity index (χ0v) is 18.2. The lowest BCUT2D eigenvalue weighted by Crippen LogP contribution is -2.38. The van der Waals surface area contributed by atoms with Crippen molar-refractivity contribution in [2.45, 2.75) is 13.3 Å². The monoisotopic (exact) mass is 495 g/mol. The molecule has 0 radical (unpaired) electrons. The highest BCUT2D eigenvalue weighted by molar-refractivity contribution is 14.0. The van der Waals surface area contributed by atoms with E-state index in [1.165, 1.54) is 0 Å². The van der Waals surface area contributed by atoms with Crippen LogP contribution >= 0.6 is 47.3 Å². The molecule has 1 aromatic carbocycles. The highest BCUT2D eigenvalue weighted by Gasteiger charge is 2.09. The Labute approximate surface area is 174 Å². The third-order valence-electron chi connectivity index (χ3n) is 3.09. The molecule has 0 saturated carbocycles. The predicted octanol–water partition coefficient (Wildman–Crippen LogP) is 3.47. The summed E-state index contributed by atoms with van der Waals surface area (Å²) < 4.78 is 5.29. The molecule has 1 heterocycles. The fourth-order valence-corrected chi connectivity index (χ4v) is 2.44.